The van der Waals surface area contributed by atoms with Gasteiger partial charge in [-0.2, -0.15) is 0 Å². The Morgan fingerprint density at radius 2 is 1.71 bits per heavy atom. The van der Waals surface area contributed by atoms with E-state index in [9.17, 15) is 22.0 Å². The third kappa shape index (κ3) is 6.78. The molecular weight excluding hydrogens is 612 g/mol. The summed E-state index contributed by atoms with van der Waals surface area (Å²) in [6.45, 7) is 0.726. The van der Waals surface area contributed by atoms with E-state index >= 15 is 0 Å². The molecule has 0 atom stereocenters. The van der Waals surface area contributed by atoms with E-state index in [0.717, 1.165) is 12.1 Å². The van der Waals surface area contributed by atoms with E-state index in [2.05, 4.69) is 20.0 Å². The van der Waals surface area contributed by atoms with Gasteiger partial charge in [0, 0.05) is 48.5 Å². The van der Waals surface area contributed by atoms with Crippen molar-refractivity contribution >= 4 is 33.0 Å². The number of hydrogen-bond donors (Lipinski definition) is 2. The van der Waals surface area contributed by atoms with Crippen molar-refractivity contribution in [3.63, 3.8) is 0 Å². The van der Waals surface area contributed by atoms with Crippen molar-refractivity contribution in [2.45, 2.75) is 4.90 Å². The summed E-state index contributed by atoms with van der Waals surface area (Å²) in [5.74, 6) is -1.81. The summed E-state index contributed by atoms with van der Waals surface area (Å²) in [7, 11) is -0.136. The Morgan fingerprint density at radius 3 is 2.44 bits per heavy atom. The summed E-state index contributed by atoms with van der Waals surface area (Å²) in [5, 5.41) is 2.82. The molecule has 0 unspecified atom stereocenters. The Bertz CT molecular complexity index is 1990. The molecule has 15 heteroatoms. The SMILES string of the molecule is COCCOc1ccc(NC(=O)c2cnc3ccc(-c4cnc(OC)c(NS(=O)(=O)c5ccc(F)cc5F)c4)cn23)cc1OC. The van der Waals surface area contributed by atoms with Crippen LogP contribution in [0.3, 0.4) is 0 Å². The maximum atomic E-state index is 14.3. The lowest BCUT2D eigenvalue weighted by atomic mass is 10.1. The molecule has 0 aliphatic carbocycles. The van der Waals surface area contributed by atoms with Crippen LogP contribution in [-0.2, 0) is 14.8 Å². The summed E-state index contributed by atoms with van der Waals surface area (Å²) < 4.78 is 78.6. The van der Waals surface area contributed by atoms with Crippen molar-refractivity contribution in [1.82, 2.24) is 14.4 Å². The van der Waals surface area contributed by atoms with Gasteiger partial charge in [0.15, 0.2) is 11.5 Å². The second kappa shape index (κ2) is 13.2. The van der Waals surface area contributed by atoms with Crippen LogP contribution in [0, 0.1) is 11.6 Å². The number of imidazole rings is 1. The average molecular weight is 640 g/mol. The number of ether oxygens (including phenoxy) is 4. The first-order valence-corrected chi connectivity index (χ1v) is 14.7. The second-order valence-corrected chi connectivity index (χ2v) is 11.1. The number of pyridine rings is 2. The van der Waals surface area contributed by atoms with Gasteiger partial charge in [-0.25, -0.2) is 27.2 Å². The van der Waals surface area contributed by atoms with E-state index in [-0.39, 0.29) is 17.3 Å². The number of methoxy groups -OCH3 is 3. The van der Waals surface area contributed by atoms with Crippen LogP contribution in [0.5, 0.6) is 17.4 Å². The number of hydrogen-bond acceptors (Lipinski definition) is 9. The zero-order valence-corrected chi connectivity index (χ0v) is 25.0. The molecule has 0 radical (unpaired) electrons. The molecule has 0 aliphatic rings. The number of nitrogens with zero attached hydrogens (tertiary/aromatic N) is 3. The van der Waals surface area contributed by atoms with Crippen LogP contribution in [0.15, 0.2) is 78.1 Å². The lowest BCUT2D eigenvalue weighted by molar-refractivity contribution is 0.102. The predicted molar refractivity (Wildman–Crippen MR) is 160 cm³/mol. The Balaban J connectivity index is 1.42. The zero-order chi connectivity index (χ0) is 32.1. The van der Waals surface area contributed by atoms with Crippen molar-refractivity contribution in [3.05, 3.63) is 90.5 Å². The minimum absolute atomic E-state index is 0.0841. The fraction of sp³-hybridized carbons (Fsp3) is 0.167. The molecule has 1 amide bonds. The number of carbonyl (C=O) groups excluding carboxylic acids is 1. The molecule has 3 aromatic heterocycles. The number of aromatic nitrogens is 3. The molecule has 0 saturated carbocycles. The first kappa shape index (κ1) is 31.2. The fourth-order valence-corrected chi connectivity index (χ4v) is 5.46. The number of amides is 1. The highest BCUT2D eigenvalue weighted by atomic mass is 32.2. The lowest BCUT2D eigenvalue weighted by Crippen LogP contribution is -2.16. The molecule has 2 N–H and O–H groups in total. The smallest absolute Gasteiger partial charge is 0.274 e. The molecule has 2 aromatic carbocycles. The first-order chi connectivity index (χ1) is 21.6. The van der Waals surface area contributed by atoms with Gasteiger partial charge in [0.25, 0.3) is 15.9 Å². The third-order valence-electron chi connectivity index (χ3n) is 6.51. The van der Waals surface area contributed by atoms with Crippen LogP contribution in [-0.4, -0.2) is 63.2 Å². The van der Waals surface area contributed by atoms with Crippen molar-refractivity contribution in [2.75, 3.05) is 44.6 Å². The lowest BCUT2D eigenvalue weighted by Gasteiger charge is -2.14. The fourth-order valence-electron chi connectivity index (χ4n) is 4.35. The Hall–Kier alpha value is -5.28. The van der Waals surface area contributed by atoms with Gasteiger partial charge in [-0.3, -0.25) is 13.9 Å². The highest BCUT2D eigenvalue weighted by Crippen LogP contribution is 2.32. The van der Waals surface area contributed by atoms with E-state index in [1.54, 1.807) is 48.0 Å². The van der Waals surface area contributed by atoms with Gasteiger partial charge in [0.2, 0.25) is 5.88 Å². The molecule has 3 heterocycles. The Kier molecular flexibility index (Phi) is 9.11. The van der Waals surface area contributed by atoms with Crippen molar-refractivity contribution in [3.8, 4) is 28.5 Å². The number of anilines is 2. The van der Waals surface area contributed by atoms with Crippen LogP contribution in [0.1, 0.15) is 10.5 Å². The first-order valence-electron chi connectivity index (χ1n) is 13.2. The molecule has 12 nitrogen and oxygen atoms in total. The highest BCUT2D eigenvalue weighted by Gasteiger charge is 2.23. The number of carbonyl (C=O) groups is 1. The molecule has 0 spiro atoms. The number of halogens is 2. The largest absolute Gasteiger partial charge is 0.493 e. The van der Waals surface area contributed by atoms with E-state index in [1.807, 2.05) is 0 Å². The molecule has 234 valence electrons. The van der Waals surface area contributed by atoms with Crippen molar-refractivity contribution in [2.24, 2.45) is 0 Å². The van der Waals surface area contributed by atoms with Gasteiger partial charge in [-0.15, -0.1) is 0 Å². The normalized spacial score (nSPS) is 11.3. The molecular formula is C30H27F2N5O7S. The maximum Gasteiger partial charge on any atom is 0.274 e. The van der Waals surface area contributed by atoms with E-state index in [0.29, 0.717) is 53.2 Å². The zero-order valence-electron chi connectivity index (χ0n) is 24.2. The maximum absolute atomic E-state index is 14.3. The van der Waals surface area contributed by atoms with Crippen LogP contribution >= 0.6 is 0 Å². The Labute approximate surface area is 256 Å². The molecule has 0 aliphatic heterocycles. The van der Waals surface area contributed by atoms with Gasteiger partial charge in [0.05, 0.1) is 27.0 Å². The molecule has 5 rings (SSSR count). The monoisotopic (exact) mass is 639 g/mol. The van der Waals surface area contributed by atoms with Crippen LogP contribution < -0.4 is 24.2 Å². The van der Waals surface area contributed by atoms with E-state index in [4.69, 9.17) is 18.9 Å². The average Bonchev–Trinajstić information content (AvgIpc) is 3.45. The van der Waals surface area contributed by atoms with Gasteiger partial charge in [-0.05, 0) is 42.5 Å². The molecule has 45 heavy (non-hydrogen) atoms. The molecule has 0 fully saturated rings. The number of benzene rings is 2. The molecule has 5 aromatic rings. The minimum atomic E-state index is -4.48. The summed E-state index contributed by atoms with van der Waals surface area (Å²) in [6.07, 6.45) is 4.48. The van der Waals surface area contributed by atoms with Gasteiger partial charge in [0.1, 0.15) is 40.2 Å². The van der Waals surface area contributed by atoms with Gasteiger partial charge < -0.3 is 24.3 Å². The topological polar surface area (TPSA) is 142 Å². The summed E-state index contributed by atoms with van der Waals surface area (Å²) in [4.78, 5) is 21.0. The summed E-state index contributed by atoms with van der Waals surface area (Å²) in [6, 6.07) is 11.9. The summed E-state index contributed by atoms with van der Waals surface area (Å²) >= 11 is 0. The van der Waals surface area contributed by atoms with E-state index < -0.39 is 32.5 Å². The highest BCUT2D eigenvalue weighted by molar-refractivity contribution is 7.92. The number of nitrogens with one attached hydrogen (secondary N) is 2. The van der Waals surface area contributed by atoms with Crippen LogP contribution in [0.2, 0.25) is 0 Å². The Morgan fingerprint density at radius 1 is 0.889 bits per heavy atom. The van der Waals surface area contributed by atoms with Crippen LogP contribution in [0.4, 0.5) is 20.2 Å². The number of sulfonamides is 1. The van der Waals surface area contributed by atoms with Gasteiger partial charge >= 0.3 is 0 Å². The van der Waals surface area contributed by atoms with E-state index in [1.165, 1.54) is 32.7 Å². The molecule has 0 saturated heterocycles. The third-order valence-corrected chi connectivity index (χ3v) is 7.91. The quantitative estimate of drug-likeness (QED) is 0.185. The second-order valence-electron chi connectivity index (χ2n) is 9.41. The minimum Gasteiger partial charge on any atom is -0.493 e. The van der Waals surface area contributed by atoms with Crippen LogP contribution in [0.25, 0.3) is 16.8 Å². The van der Waals surface area contributed by atoms with Gasteiger partial charge in [-0.1, -0.05) is 0 Å². The van der Waals surface area contributed by atoms with Crippen molar-refractivity contribution in [1.29, 1.82) is 0 Å². The number of fused-ring (bicyclic) bond motifs is 1. The standard InChI is InChI=1S/C30H27F2N5O7S/c1-41-10-11-44-25-7-6-21(14-26(25)42-2)35-29(38)24-16-33-28-9-4-18(17-37(24)28)19-12-23(30(43-3)34-15-19)36-45(39,40)27-8-5-20(31)13-22(27)32/h4-9,12-17,36H,10-11H2,1-3H3,(H,35,38). The summed E-state index contributed by atoms with van der Waals surface area (Å²) in [5.41, 5.74) is 2.01. The molecule has 0 bridgehead atoms. The van der Waals surface area contributed by atoms with Crippen molar-refractivity contribution < 1.29 is 40.9 Å². The predicted octanol–water partition coefficient (Wildman–Crippen LogP) is 4.77. The number of rotatable bonds is 12.